The highest BCUT2D eigenvalue weighted by molar-refractivity contribution is 5.92. The molecule has 23 heavy (non-hydrogen) atoms. The summed E-state index contributed by atoms with van der Waals surface area (Å²) < 4.78 is 1.96. The van der Waals surface area contributed by atoms with Crippen molar-refractivity contribution >= 4 is 5.91 Å². The predicted octanol–water partition coefficient (Wildman–Crippen LogP) is 2.14. The molecule has 0 unspecified atom stereocenters. The van der Waals surface area contributed by atoms with Gasteiger partial charge < -0.3 is 9.80 Å². The van der Waals surface area contributed by atoms with Gasteiger partial charge in [0.05, 0.1) is 5.69 Å². The maximum Gasteiger partial charge on any atom is 0.274 e. The SMILES string of the molecule is CN1CCN(C(=O)c2cc(C3CC3)n(-c3ccccc3)n2)CC1. The predicted molar refractivity (Wildman–Crippen MR) is 88.9 cm³/mol. The number of carbonyl (C=O) groups is 1. The molecule has 0 N–H and O–H groups in total. The number of para-hydroxylation sites is 1. The number of amides is 1. The second-order valence-electron chi connectivity index (χ2n) is 6.57. The smallest absolute Gasteiger partial charge is 0.274 e. The van der Waals surface area contributed by atoms with Gasteiger partial charge in [0.15, 0.2) is 5.69 Å². The van der Waals surface area contributed by atoms with Crippen LogP contribution in [0.5, 0.6) is 0 Å². The molecule has 1 aliphatic heterocycles. The van der Waals surface area contributed by atoms with E-state index < -0.39 is 0 Å². The number of likely N-dealkylation sites (N-methyl/N-ethyl adjacent to an activating group) is 1. The first kappa shape index (κ1) is 14.5. The normalized spacial score (nSPS) is 19.1. The Morgan fingerprint density at radius 1 is 1.09 bits per heavy atom. The Morgan fingerprint density at radius 3 is 2.43 bits per heavy atom. The van der Waals surface area contributed by atoms with E-state index in [4.69, 9.17) is 0 Å². The lowest BCUT2D eigenvalue weighted by atomic mass is 10.2. The van der Waals surface area contributed by atoms with Gasteiger partial charge in [-0.2, -0.15) is 5.10 Å². The number of hydrogen-bond donors (Lipinski definition) is 0. The Bertz CT molecular complexity index is 697. The molecule has 5 heteroatoms. The van der Waals surface area contributed by atoms with E-state index in [0.717, 1.165) is 31.9 Å². The van der Waals surface area contributed by atoms with Crippen molar-refractivity contribution in [3.05, 3.63) is 47.8 Å². The molecule has 4 rings (SSSR count). The minimum atomic E-state index is 0.0645. The Morgan fingerprint density at radius 2 is 1.78 bits per heavy atom. The number of nitrogens with zero attached hydrogens (tertiary/aromatic N) is 4. The lowest BCUT2D eigenvalue weighted by Crippen LogP contribution is -2.47. The van der Waals surface area contributed by atoms with Gasteiger partial charge in [0.1, 0.15) is 0 Å². The second-order valence-corrected chi connectivity index (χ2v) is 6.57. The first-order valence-electron chi connectivity index (χ1n) is 8.35. The summed E-state index contributed by atoms with van der Waals surface area (Å²) in [7, 11) is 2.09. The van der Waals surface area contributed by atoms with Crippen LogP contribution in [-0.2, 0) is 0 Å². The summed E-state index contributed by atoms with van der Waals surface area (Å²) in [6.07, 6.45) is 2.39. The molecule has 1 aromatic carbocycles. The highest BCUT2D eigenvalue weighted by Gasteiger charge is 2.31. The topological polar surface area (TPSA) is 41.4 Å². The molecule has 1 aliphatic carbocycles. The standard InChI is InChI=1S/C18H22N4O/c1-20-9-11-21(12-10-20)18(23)16-13-17(14-7-8-14)22(19-16)15-5-3-2-4-6-15/h2-6,13-14H,7-12H2,1H3. The number of piperazine rings is 1. The second kappa shape index (κ2) is 5.81. The average molecular weight is 310 g/mol. The van der Waals surface area contributed by atoms with Crippen molar-refractivity contribution < 1.29 is 4.79 Å². The molecule has 0 spiro atoms. The van der Waals surface area contributed by atoms with Gasteiger partial charge in [-0.15, -0.1) is 0 Å². The fourth-order valence-electron chi connectivity index (χ4n) is 3.12. The van der Waals surface area contributed by atoms with E-state index in [1.807, 2.05) is 46.0 Å². The summed E-state index contributed by atoms with van der Waals surface area (Å²) in [5.74, 6) is 0.617. The number of benzene rings is 1. The summed E-state index contributed by atoms with van der Waals surface area (Å²) in [5, 5.41) is 4.65. The maximum absolute atomic E-state index is 12.8. The Hall–Kier alpha value is -2.14. The number of aromatic nitrogens is 2. The lowest BCUT2D eigenvalue weighted by Gasteiger charge is -2.31. The average Bonchev–Trinajstić information content (AvgIpc) is 3.34. The van der Waals surface area contributed by atoms with Crippen LogP contribution in [0.4, 0.5) is 0 Å². The van der Waals surface area contributed by atoms with Crippen LogP contribution in [0.15, 0.2) is 36.4 Å². The van der Waals surface area contributed by atoms with Crippen LogP contribution >= 0.6 is 0 Å². The van der Waals surface area contributed by atoms with Crippen molar-refractivity contribution in [2.75, 3.05) is 33.2 Å². The van der Waals surface area contributed by atoms with Crippen molar-refractivity contribution in [1.82, 2.24) is 19.6 Å². The molecule has 2 aliphatic rings. The minimum Gasteiger partial charge on any atom is -0.335 e. The molecule has 0 atom stereocenters. The first-order chi connectivity index (χ1) is 11.2. The third-order valence-electron chi connectivity index (χ3n) is 4.74. The van der Waals surface area contributed by atoms with Gasteiger partial charge in [0.2, 0.25) is 0 Å². The third-order valence-corrected chi connectivity index (χ3v) is 4.74. The molecule has 2 fully saturated rings. The van der Waals surface area contributed by atoms with Crippen molar-refractivity contribution in [1.29, 1.82) is 0 Å². The summed E-state index contributed by atoms with van der Waals surface area (Å²) in [6.45, 7) is 3.43. The molecule has 1 amide bonds. The number of rotatable bonds is 3. The summed E-state index contributed by atoms with van der Waals surface area (Å²) >= 11 is 0. The fraction of sp³-hybridized carbons (Fsp3) is 0.444. The van der Waals surface area contributed by atoms with Crippen LogP contribution in [0, 0.1) is 0 Å². The van der Waals surface area contributed by atoms with E-state index in [2.05, 4.69) is 17.0 Å². The van der Waals surface area contributed by atoms with Gasteiger partial charge >= 0.3 is 0 Å². The molecular weight excluding hydrogens is 288 g/mol. The van der Waals surface area contributed by atoms with Gasteiger partial charge in [-0.05, 0) is 38.1 Å². The van der Waals surface area contributed by atoms with Gasteiger partial charge in [-0.3, -0.25) is 4.79 Å². The first-order valence-corrected chi connectivity index (χ1v) is 8.35. The minimum absolute atomic E-state index is 0.0645. The number of hydrogen-bond acceptors (Lipinski definition) is 3. The van der Waals surface area contributed by atoms with Crippen LogP contribution < -0.4 is 0 Å². The Labute approximate surface area is 136 Å². The van der Waals surface area contributed by atoms with Gasteiger partial charge in [-0.25, -0.2) is 4.68 Å². The molecule has 2 heterocycles. The van der Waals surface area contributed by atoms with Crippen LogP contribution in [0.1, 0.15) is 34.9 Å². The van der Waals surface area contributed by atoms with Crippen molar-refractivity contribution in [2.24, 2.45) is 0 Å². The molecule has 1 saturated carbocycles. The van der Waals surface area contributed by atoms with Crippen molar-refractivity contribution in [2.45, 2.75) is 18.8 Å². The van der Waals surface area contributed by atoms with E-state index >= 15 is 0 Å². The van der Waals surface area contributed by atoms with Crippen LogP contribution in [-0.4, -0.2) is 58.7 Å². The van der Waals surface area contributed by atoms with E-state index in [-0.39, 0.29) is 5.91 Å². The molecule has 1 aromatic heterocycles. The van der Waals surface area contributed by atoms with Crippen LogP contribution in [0.3, 0.4) is 0 Å². The number of carbonyl (C=O) groups excluding carboxylic acids is 1. The van der Waals surface area contributed by atoms with Gasteiger partial charge in [0.25, 0.3) is 5.91 Å². The van der Waals surface area contributed by atoms with Crippen molar-refractivity contribution in [3.8, 4) is 5.69 Å². The fourth-order valence-corrected chi connectivity index (χ4v) is 3.12. The highest BCUT2D eigenvalue weighted by Crippen LogP contribution is 2.41. The maximum atomic E-state index is 12.8. The lowest BCUT2D eigenvalue weighted by molar-refractivity contribution is 0.0657. The van der Waals surface area contributed by atoms with E-state index in [0.29, 0.717) is 11.6 Å². The molecule has 0 radical (unpaired) electrons. The zero-order chi connectivity index (χ0) is 15.8. The zero-order valence-electron chi connectivity index (χ0n) is 13.5. The molecule has 0 bridgehead atoms. The van der Waals surface area contributed by atoms with Crippen LogP contribution in [0.2, 0.25) is 0 Å². The summed E-state index contributed by atoms with van der Waals surface area (Å²) in [6, 6.07) is 12.1. The Balaban J connectivity index is 1.63. The Kier molecular flexibility index (Phi) is 3.65. The highest BCUT2D eigenvalue weighted by atomic mass is 16.2. The summed E-state index contributed by atoms with van der Waals surface area (Å²) in [4.78, 5) is 17.0. The van der Waals surface area contributed by atoms with Crippen LogP contribution in [0.25, 0.3) is 5.69 Å². The van der Waals surface area contributed by atoms with Crippen molar-refractivity contribution in [3.63, 3.8) is 0 Å². The molecule has 120 valence electrons. The largest absolute Gasteiger partial charge is 0.335 e. The zero-order valence-corrected chi connectivity index (χ0v) is 13.5. The molecule has 2 aromatic rings. The third kappa shape index (κ3) is 2.88. The van der Waals surface area contributed by atoms with Gasteiger partial charge in [0, 0.05) is 37.8 Å². The monoisotopic (exact) mass is 310 g/mol. The van der Waals surface area contributed by atoms with Gasteiger partial charge in [-0.1, -0.05) is 18.2 Å². The molecule has 1 saturated heterocycles. The van der Waals surface area contributed by atoms with E-state index in [1.165, 1.54) is 18.5 Å². The van der Waals surface area contributed by atoms with E-state index in [9.17, 15) is 4.79 Å². The summed E-state index contributed by atoms with van der Waals surface area (Å²) in [5.41, 5.74) is 2.79. The quantitative estimate of drug-likeness (QED) is 0.872. The molecule has 5 nitrogen and oxygen atoms in total. The van der Waals surface area contributed by atoms with E-state index in [1.54, 1.807) is 0 Å². The molecular formula is C18H22N4O.